The molecule has 1 aromatic heterocycles. The Morgan fingerprint density at radius 3 is 2.59 bits per heavy atom. The van der Waals surface area contributed by atoms with Gasteiger partial charge in [0.25, 0.3) is 0 Å². The zero-order valence-corrected chi connectivity index (χ0v) is 18.8. The van der Waals surface area contributed by atoms with Crippen molar-refractivity contribution in [3.8, 4) is 11.1 Å². The van der Waals surface area contributed by atoms with Gasteiger partial charge in [0.2, 0.25) is 0 Å². The minimum atomic E-state index is 0.237. The van der Waals surface area contributed by atoms with Crippen LogP contribution in [0.25, 0.3) is 42.1 Å². The average Bonchev–Trinajstić information content (AvgIpc) is 3.59. The molecule has 4 aliphatic carbocycles. The van der Waals surface area contributed by atoms with Crippen LogP contribution in [0.1, 0.15) is 36.8 Å². The molecular formula is C31H24S. The van der Waals surface area contributed by atoms with Crippen molar-refractivity contribution in [1.29, 1.82) is 0 Å². The van der Waals surface area contributed by atoms with Crippen LogP contribution < -0.4 is 0 Å². The Morgan fingerprint density at radius 2 is 1.62 bits per heavy atom. The highest BCUT2D eigenvalue weighted by molar-refractivity contribution is 7.25. The van der Waals surface area contributed by atoms with Gasteiger partial charge in [-0.1, -0.05) is 60.7 Å². The molecule has 0 nitrogen and oxygen atoms in total. The lowest BCUT2D eigenvalue weighted by Gasteiger charge is -2.42. The van der Waals surface area contributed by atoms with Crippen LogP contribution in [0.5, 0.6) is 0 Å². The van der Waals surface area contributed by atoms with Crippen LogP contribution in [0.4, 0.5) is 0 Å². The number of rotatable bonds is 0. The molecule has 1 unspecified atom stereocenters. The summed E-state index contributed by atoms with van der Waals surface area (Å²) in [5.41, 5.74) is 6.74. The van der Waals surface area contributed by atoms with Crippen molar-refractivity contribution in [2.75, 3.05) is 0 Å². The fourth-order valence-electron chi connectivity index (χ4n) is 9.14. The molecule has 0 aliphatic heterocycles. The molecular weight excluding hydrogens is 404 g/mol. The average molecular weight is 429 g/mol. The maximum absolute atomic E-state index is 2.57. The molecule has 32 heavy (non-hydrogen) atoms. The Bertz CT molecular complexity index is 1620. The molecule has 0 radical (unpaired) electrons. The molecule has 1 heteroatoms. The molecule has 5 atom stereocenters. The minimum absolute atomic E-state index is 0.237. The van der Waals surface area contributed by atoms with E-state index in [0.29, 0.717) is 0 Å². The number of benzene rings is 4. The van der Waals surface area contributed by atoms with Crippen molar-refractivity contribution in [2.24, 2.45) is 23.7 Å². The molecule has 3 fully saturated rings. The van der Waals surface area contributed by atoms with Crippen LogP contribution in [-0.2, 0) is 5.41 Å². The van der Waals surface area contributed by atoms with Crippen molar-refractivity contribution < 1.29 is 0 Å². The maximum Gasteiger partial charge on any atom is 0.0361 e. The van der Waals surface area contributed by atoms with Crippen LogP contribution in [-0.4, -0.2) is 0 Å². The van der Waals surface area contributed by atoms with Gasteiger partial charge in [-0.3, -0.25) is 0 Å². The van der Waals surface area contributed by atoms with Crippen molar-refractivity contribution in [1.82, 2.24) is 0 Å². The molecule has 1 heterocycles. The van der Waals surface area contributed by atoms with Crippen LogP contribution in [0.2, 0.25) is 0 Å². The third kappa shape index (κ3) is 1.68. The van der Waals surface area contributed by atoms with Crippen LogP contribution in [0.15, 0.2) is 72.8 Å². The van der Waals surface area contributed by atoms with Gasteiger partial charge in [-0.15, -0.1) is 11.3 Å². The lowest BCUT2D eigenvalue weighted by molar-refractivity contribution is 0.224. The molecule has 1 spiro atoms. The topological polar surface area (TPSA) is 0 Å². The largest absolute Gasteiger partial charge is 0.135 e. The van der Waals surface area contributed by atoms with Gasteiger partial charge < -0.3 is 0 Å². The molecule has 9 rings (SSSR count). The molecule has 0 amide bonds. The molecule has 5 aromatic rings. The van der Waals surface area contributed by atoms with Gasteiger partial charge in [0.05, 0.1) is 0 Å². The van der Waals surface area contributed by atoms with E-state index in [1.807, 2.05) is 11.3 Å². The summed E-state index contributed by atoms with van der Waals surface area (Å²) in [5.74, 6) is 3.61. The summed E-state index contributed by atoms with van der Waals surface area (Å²) in [6, 6.07) is 28.2. The highest BCUT2D eigenvalue weighted by atomic mass is 32.1. The summed E-state index contributed by atoms with van der Waals surface area (Å²) < 4.78 is 2.88. The first-order valence-electron chi connectivity index (χ1n) is 12.3. The van der Waals surface area contributed by atoms with Crippen LogP contribution in [0.3, 0.4) is 0 Å². The Balaban J connectivity index is 1.52. The third-order valence-corrected chi connectivity index (χ3v) is 11.1. The summed E-state index contributed by atoms with van der Waals surface area (Å²) in [4.78, 5) is 0. The number of fused-ring (bicyclic) bond motifs is 14. The highest BCUT2D eigenvalue weighted by Crippen LogP contribution is 2.75. The van der Waals surface area contributed by atoms with Gasteiger partial charge in [-0.25, -0.2) is 0 Å². The van der Waals surface area contributed by atoms with Crippen LogP contribution >= 0.6 is 11.3 Å². The monoisotopic (exact) mass is 428 g/mol. The van der Waals surface area contributed by atoms with Crippen LogP contribution in [0, 0.1) is 23.7 Å². The van der Waals surface area contributed by atoms with Crippen molar-refractivity contribution in [2.45, 2.75) is 31.1 Å². The second-order valence-corrected chi connectivity index (χ2v) is 11.9. The molecule has 0 N–H and O–H groups in total. The van der Waals surface area contributed by atoms with Gasteiger partial charge >= 0.3 is 0 Å². The zero-order valence-electron chi connectivity index (χ0n) is 18.0. The molecule has 154 valence electrons. The number of thiophene rings is 1. The first-order chi connectivity index (χ1) is 15.9. The molecule has 0 saturated heterocycles. The van der Waals surface area contributed by atoms with E-state index in [9.17, 15) is 0 Å². The van der Waals surface area contributed by atoms with Crippen molar-refractivity contribution in [3.05, 3.63) is 83.9 Å². The Morgan fingerprint density at radius 1 is 0.750 bits per heavy atom. The predicted molar refractivity (Wildman–Crippen MR) is 135 cm³/mol. The Hall–Kier alpha value is -2.64. The minimum Gasteiger partial charge on any atom is -0.135 e. The van der Waals surface area contributed by atoms with Gasteiger partial charge in [-0.05, 0) is 94.5 Å². The van der Waals surface area contributed by atoms with Gasteiger partial charge in [-0.2, -0.15) is 0 Å². The number of hydrogen-bond donors (Lipinski definition) is 0. The van der Waals surface area contributed by atoms with E-state index in [2.05, 4.69) is 72.8 Å². The van der Waals surface area contributed by atoms with E-state index >= 15 is 0 Å². The smallest absolute Gasteiger partial charge is 0.0361 e. The Labute approximate surface area is 191 Å². The van der Waals surface area contributed by atoms with Crippen molar-refractivity contribution in [3.63, 3.8) is 0 Å². The summed E-state index contributed by atoms with van der Waals surface area (Å²) in [6.45, 7) is 0. The summed E-state index contributed by atoms with van der Waals surface area (Å²) in [6.07, 6.45) is 5.80. The maximum atomic E-state index is 2.57. The zero-order chi connectivity index (χ0) is 20.6. The van der Waals surface area contributed by atoms with Gasteiger partial charge in [0, 0.05) is 25.6 Å². The Kier molecular flexibility index (Phi) is 2.89. The number of hydrogen-bond acceptors (Lipinski definition) is 1. The quantitative estimate of drug-likeness (QED) is 0.232. The van der Waals surface area contributed by atoms with E-state index in [-0.39, 0.29) is 5.41 Å². The summed E-state index contributed by atoms with van der Waals surface area (Å²) >= 11 is 1.97. The van der Waals surface area contributed by atoms with Gasteiger partial charge in [0.1, 0.15) is 0 Å². The predicted octanol–water partition coefficient (Wildman–Crippen LogP) is 8.54. The lowest BCUT2D eigenvalue weighted by Crippen LogP contribution is -2.39. The second kappa shape index (κ2) is 5.46. The van der Waals surface area contributed by atoms with Crippen molar-refractivity contribution >= 4 is 42.3 Å². The summed E-state index contributed by atoms with van der Waals surface area (Å²) in [7, 11) is 0. The third-order valence-electron chi connectivity index (χ3n) is 9.94. The SMILES string of the molecule is c1ccc2c3c(ccc2c1)-c1c(ccc2sc4ccccc4c12)C31[C@H]2C[C@@H]3CC[C@H]1[C@@H]3C2. The van der Waals surface area contributed by atoms with E-state index in [1.54, 1.807) is 22.3 Å². The van der Waals surface area contributed by atoms with E-state index in [1.165, 1.54) is 56.6 Å². The van der Waals surface area contributed by atoms with Gasteiger partial charge in [0.15, 0.2) is 0 Å². The molecule has 2 bridgehead atoms. The van der Waals surface area contributed by atoms with E-state index in [0.717, 1.165) is 23.7 Å². The first-order valence-corrected chi connectivity index (χ1v) is 13.1. The first kappa shape index (κ1) is 16.9. The van der Waals surface area contributed by atoms with E-state index in [4.69, 9.17) is 0 Å². The molecule has 4 aromatic carbocycles. The fourth-order valence-corrected chi connectivity index (χ4v) is 10.3. The molecule has 3 saturated carbocycles. The summed E-state index contributed by atoms with van der Waals surface area (Å²) in [5, 5.41) is 5.91. The second-order valence-electron chi connectivity index (χ2n) is 10.8. The fraction of sp³-hybridized carbons (Fsp3) is 0.290. The lowest BCUT2D eigenvalue weighted by atomic mass is 9.60. The standard InChI is InChI=1S/C31H24S/c1-2-6-20-17(5-1)9-11-22-28-25(13-14-27-29(28)21-7-3-4-8-26(21)32-27)31(30(20)22)19-15-18-10-12-24(31)23(18)16-19/h1-9,11,13-14,18-19,23-24H,10,12,15-16H2/t18-,19-,23+,24-,31?/m0/s1. The highest BCUT2D eigenvalue weighted by Gasteiger charge is 2.67. The normalized spacial score (nSPS) is 31.4. The van der Waals surface area contributed by atoms with E-state index < -0.39 is 0 Å². The molecule has 4 aliphatic rings.